The summed E-state index contributed by atoms with van der Waals surface area (Å²) in [6.45, 7) is 0.482. The Labute approximate surface area is 135 Å². The topological polar surface area (TPSA) is 46.5 Å². The number of hydrogen-bond donors (Lipinski definition) is 1. The van der Waals surface area contributed by atoms with Crippen molar-refractivity contribution in [1.82, 2.24) is 0 Å². The number of thioether (sulfide) groups is 1. The molecular weight excluding hydrogens is 296 g/mol. The van der Waals surface area contributed by atoms with Gasteiger partial charge < -0.3 is 9.84 Å². The second-order valence-corrected chi connectivity index (χ2v) is 5.91. The first-order valence-electron chi connectivity index (χ1n) is 7.24. The summed E-state index contributed by atoms with van der Waals surface area (Å²) < 4.78 is 5.23. The molecule has 2 aromatic carbocycles. The average molecular weight is 316 g/mol. The number of carbonyl (C=O) groups is 1. The van der Waals surface area contributed by atoms with Crippen molar-refractivity contribution in [3.8, 4) is 0 Å². The van der Waals surface area contributed by atoms with E-state index in [1.165, 1.54) is 17.3 Å². The van der Waals surface area contributed by atoms with Gasteiger partial charge in [0, 0.05) is 12.2 Å². The third-order valence-corrected chi connectivity index (χ3v) is 4.17. The summed E-state index contributed by atoms with van der Waals surface area (Å²) in [7, 11) is 0. The molecule has 0 aliphatic carbocycles. The molecule has 116 valence electrons. The van der Waals surface area contributed by atoms with Gasteiger partial charge in [-0.1, -0.05) is 54.6 Å². The molecule has 0 aliphatic rings. The van der Waals surface area contributed by atoms with E-state index in [1.807, 2.05) is 54.6 Å². The maximum atomic E-state index is 11.6. The minimum atomic E-state index is -0.173. The predicted molar refractivity (Wildman–Crippen MR) is 89.6 cm³/mol. The predicted octanol–water partition coefficient (Wildman–Crippen LogP) is 3.20. The van der Waals surface area contributed by atoms with Gasteiger partial charge in [-0.2, -0.15) is 0 Å². The highest BCUT2D eigenvalue weighted by molar-refractivity contribution is 7.99. The molecule has 22 heavy (non-hydrogen) atoms. The standard InChI is InChI=1S/C18H20O3S/c19-12-16-6-8-17(9-7-16)13-22-14-18(20)21-11-10-15-4-2-1-3-5-15/h1-9,19H,10-14H2. The first-order chi connectivity index (χ1) is 10.8. The molecule has 0 saturated heterocycles. The molecule has 0 unspecified atom stereocenters. The van der Waals surface area contributed by atoms with Gasteiger partial charge in [0.25, 0.3) is 0 Å². The lowest BCUT2D eigenvalue weighted by Gasteiger charge is -2.05. The minimum Gasteiger partial charge on any atom is -0.465 e. The van der Waals surface area contributed by atoms with E-state index in [1.54, 1.807) is 0 Å². The molecule has 0 bridgehead atoms. The van der Waals surface area contributed by atoms with E-state index in [0.29, 0.717) is 12.4 Å². The van der Waals surface area contributed by atoms with Crippen LogP contribution >= 0.6 is 11.8 Å². The Morgan fingerprint density at radius 1 is 0.955 bits per heavy atom. The Bertz CT molecular complexity index is 567. The van der Waals surface area contributed by atoms with Crippen molar-refractivity contribution >= 4 is 17.7 Å². The lowest BCUT2D eigenvalue weighted by molar-refractivity contribution is -0.140. The summed E-state index contributed by atoms with van der Waals surface area (Å²) in [5.74, 6) is 0.948. The number of aliphatic hydroxyl groups is 1. The molecule has 0 spiro atoms. The van der Waals surface area contributed by atoms with Gasteiger partial charge in [-0.25, -0.2) is 0 Å². The lowest BCUT2D eigenvalue weighted by Crippen LogP contribution is -2.10. The zero-order valence-electron chi connectivity index (χ0n) is 12.4. The molecule has 2 aromatic rings. The summed E-state index contributed by atoms with van der Waals surface area (Å²) in [5.41, 5.74) is 3.21. The summed E-state index contributed by atoms with van der Waals surface area (Å²) in [4.78, 5) is 11.6. The van der Waals surface area contributed by atoms with Crippen LogP contribution < -0.4 is 0 Å². The second kappa shape index (κ2) is 9.28. The molecular formula is C18H20O3S. The van der Waals surface area contributed by atoms with E-state index in [9.17, 15) is 4.79 Å². The maximum absolute atomic E-state index is 11.6. The van der Waals surface area contributed by atoms with E-state index in [-0.39, 0.29) is 12.6 Å². The molecule has 0 aliphatic heterocycles. The van der Waals surface area contributed by atoms with Gasteiger partial charge in [0.15, 0.2) is 0 Å². The quantitative estimate of drug-likeness (QED) is 0.760. The van der Waals surface area contributed by atoms with Crippen LogP contribution in [-0.2, 0) is 28.3 Å². The molecule has 0 fully saturated rings. The van der Waals surface area contributed by atoms with E-state index in [0.717, 1.165) is 23.3 Å². The number of carbonyl (C=O) groups excluding carboxylic acids is 1. The van der Waals surface area contributed by atoms with Gasteiger partial charge in [-0.15, -0.1) is 11.8 Å². The van der Waals surface area contributed by atoms with Crippen molar-refractivity contribution in [2.24, 2.45) is 0 Å². The highest BCUT2D eigenvalue weighted by atomic mass is 32.2. The van der Waals surface area contributed by atoms with Gasteiger partial charge in [0.2, 0.25) is 0 Å². The molecule has 0 amide bonds. The lowest BCUT2D eigenvalue weighted by atomic mass is 10.2. The number of ether oxygens (including phenoxy) is 1. The van der Waals surface area contributed by atoms with Crippen molar-refractivity contribution in [1.29, 1.82) is 0 Å². The summed E-state index contributed by atoms with van der Waals surface area (Å²) in [6, 6.07) is 17.7. The first kappa shape index (κ1) is 16.6. The van der Waals surface area contributed by atoms with Crippen LogP contribution in [0.1, 0.15) is 16.7 Å². The largest absolute Gasteiger partial charge is 0.465 e. The van der Waals surface area contributed by atoms with Crippen molar-refractivity contribution in [3.63, 3.8) is 0 Å². The van der Waals surface area contributed by atoms with E-state index in [4.69, 9.17) is 9.84 Å². The van der Waals surface area contributed by atoms with Crippen molar-refractivity contribution in [2.45, 2.75) is 18.8 Å². The van der Waals surface area contributed by atoms with Crippen LogP contribution in [0.25, 0.3) is 0 Å². The molecule has 0 atom stereocenters. The van der Waals surface area contributed by atoms with E-state index >= 15 is 0 Å². The number of hydrogen-bond acceptors (Lipinski definition) is 4. The first-order valence-corrected chi connectivity index (χ1v) is 8.39. The molecule has 0 heterocycles. The fourth-order valence-electron chi connectivity index (χ4n) is 1.96. The molecule has 4 heteroatoms. The smallest absolute Gasteiger partial charge is 0.315 e. The van der Waals surface area contributed by atoms with Gasteiger partial charge in [-0.3, -0.25) is 4.79 Å². The van der Waals surface area contributed by atoms with Crippen LogP contribution in [-0.4, -0.2) is 23.4 Å². The van der Waals surface area contributed by atoms with Gasteiger partial charge in [-0.05, 0) is 16.7 Å². The highest BCUT2D eigenvalue weighted by Gasteiger charge is 2.04. The zero-order valence-corrected chi connectivity index (χ0v) is 13.2. The zero-order chi connectivity index (χ0) is 15.6. The Morgan fingerprint density at radius 2 is 1.64 bits per heavy atom. The fraction of sp³-hybridized carbons (Fsp3) is 0.278. The van der Waals surface area contributed by atoms with Crippen molar-refractivity contribution in [2.75, 3.05) is 12.4 Å². The monoisotopic (exact) mass is 316 g/mol. The molecule has 1 N–H and O–H groups in total. The number of aliphatic hydroxyl groups excluding tert-OH is 1. The summed E-state index contributed by atoms with van der Waals surface area (Å²) >= 11 is 1.54. The normalized spacial score (nSPS) is 10.4. The Balaban J connectivity index is 1.61. The third kappa shape index (κ3) is 5.92. The fourth-order valence-corrected chi connectivity index (χ4v) is 2.74. The Morgan fingerprint density at radius 3 is 2.32 bits per heavy atom. The minimum absolute atomic E-state index is 0.0567. The second-order valence-electron chi connectivity index (χ2n) is 4.92. The number of esters is 1. The van der Waals surface area contributed by atoms with Crippen LogP contribution in [0.15, 0.2) is 54.6 Å². The van der Waals surface area contributed by atoms with Crippen molar-refractivity contribution in [3.05, 3.63) is 71.3 Å². The molecule has 0 radical (unpaired) electrons. The van der Waals surface area contributed by atoms with Crippen molar-refractivity contribution < 1.29 is 14.6 Å². The summed E-state index contributed by atoms with van der Waals surface area (Å²) in [6.07, 6.45) is 0.750. The van der Waals surface area contributed by atoms with Gasteiger partial charge in [0.1, 0.15) is 0 Å². The van der Waals surface area contributed by atoms with Crippen LogP contribution in [0.4, 0.5) is 0 Å². The SMILES string of the molecule is O=C(CSCc1ccc(CO)cc1)OCCc1ccccc1. The molecule has 2 rings (SSSR count). The van der Waals surface area contributed by atoms with E-state index < -0.39 is 0 Å². The molecule has 0 saturated carbocycles. The average Bonchev–Trinajstić information content (AvgIpc) is 2.56. The maximum Gasteiger partial charge on any atom is 0.315 e. The van der Waals surface area contributed by atoms with Gasteiger partial charge >= 0.3 is 5.97 Å². The molecule has 0 aromatic heterocycles. The van der Waals surface area contributed by atoms with Crippen LogP contribution in [0.2, 0.25) is 0 Å². The Hall–Kier alpha value is -1.78. The van der Waals surface area contributed by atoms with E-state index in [2.05, 4.69) is 0 Å². The van der Waals surface area contributed by atoms with Crippen LogP contribution in [0, 0.1) is 0 Å². The third-order valence-electron chi connectivity index (χ3n) is 3.19. The van der Waals surface area contributed by atoms with Crippen LogP contribution in [0.3, 0.4) is 0 Å². The van der Waals surface area contributed by atoms with Gasteiger partial charge in [0.05, 0.1) is 19.0 Å². The Kier molecular flexibility index (Phi) is 7.00. The number of rotatable bonds is 8. The highest BCUT2D eigenvalue weighted by Crippen LogP contribution is 2.13. The molecule has 3 nitrogen and oxygen atoms in total. The summed E-state index contributed by atoms with van der Waals surface area (Å²) in [5, 5.41) is 8.98. The van der Waals surface area contributed by atoms with Crippen LogP contribution in [0.5, 0.6) is 0 Å². The number of benzene rings is 2.